The molecule has 0 fully saturated rings. The summed E-state index contributed by atoms with van der Waals surface area (Å²) >= 11 is 0. The van der Waals surface area contributed by atoms with Gasteiger partial charge in [-0.25, -0.2) is 4.98 Å². The zero-order valence-corrected chi connectivity index (χ0v) is 22.9. The van der Waals surface area contributed by atoms with Crippen molar-refractivity contribution in [1.82, 2.24) is 15.6 Å². The third-order valence-corrected chi connectivity index (χ3v) is 6.68. The number of carboxylic acid groups (broad SMARTS) is 1. The van der Waals surface area contributed by atoms with E-state index in [1.165, 1.54) is 0 Å². The van der Waals surface area contributed by atoms with Crippen molar-refractivity contribution in [3.63, 3.8) is 0 Å². The smallest absolute Gasteiger partial charge is 0.305 e. The van der Waals surface area contributed by atoms with Crippen LogP contribution in [-0.4, -0.2) is 48.1 Å². The molecular formula is C32H34N4O5. The molecule has 0 aliphatic heterocycles. The fourth-order valence-electron chi connectivity index (χ4n) is 4.57. The lowest BCUT2D eigenvalue weighted by Crippen LogP contribution is -2.39. The summed E-state index contributed by atoms with van der Waals surface area (Å²) in [6, 6.07) is 24.6. The number of hydrogen-bond donors (Lipinski definition) is 4. The molecule has 0 saturated carbocycles. The molecular weight excluding hydrogens is 520 g/mol. The molecule has 1 atom stereocenters. The number of nitrogens with one attached hydrogen (secondary N) is 3. The molecule has 9 heteroatoms. The van der Waals surface area contributed by atoms with Gasteiger partial charge >= 0.3 is 5.97 Å². The quantitative estimate of drug-likeness (QED) is 0.163. The van der Waals surface area contributed by atoms with Gasteiger partial charge in [0, 0.05) is 25.2 Å². The Labute approximate surface area is 239 Å². The minimum atomic E-state index is -1.03. The molecule has 9 nitrogen and oxygen atoms in total. The Balaban J connectivity index is 1.25. The molecule has 2 amide bonds. The molecule has 4 rings (SSSR count). The van der Waals surface area contributed by atoms with Gasteiger partial charge in [-0.2, -0.15) is 0 Å². The number of aliphatic carboxylic acids is 1. The maximum Gasteiger partial charge on any atom is 0.305 e. The number of benzene rings is 3. The number of anilines is 1. The van der Waals surface area contributed by atoms with E-state index >= 15 is 0 Å². The first-order valence-corrected chi connectivity index (χ1v) is 13.5. The van der Waals surface area contributed by atoms with Crippen molar-refractivity contribution in [1.29, 1.82) is 0 Å². The largest absolute Gasteiger partial charge is 0.497 e. The molecule has 4 N–H and O–H groups in total. The summed E-state index contributed by atoms with van der Waals surface area (Å²) < 4.78 is 5.17. The van der Waals surface area contributed by atoms with E-state index < -0.39 is 17.9 Å². The van der Waals surface area contributed by atoms with Crippen LogP contribution in [0.2, 0.25) is 0 Å². The van der Waals surface area contributed by atoms with E-state index in [4.69, 9.17) is 4.74 Å². The lowest BCUT2D eigenvalue weighted by molar-refractivity contribution is -0.138. The summed E-state index contributed by atoms with van der Waals surface area (Å²) in [5.74, 6) is -0.314. The van der Waals surface area contributed by atoms with Crippen molar-refractivity contribution in [3.8, 4) is 16.9 Å². The van der Waals surface area contributed by atoms with Gasteiger partial charge in [0.2, 0.25) is 11.8 Å². The van der Waals surface area contributed by atoms with Gasteiger partial charge < -0.3 is 25.8 Å². The van der Waals surface area contributed by atoms with Crippen LogP contribution in [0.25, 0.3) is 21.9 Å². The number of carbonyl (C=O) groups is 3. The number of ether oxygens (including phenoxy) is 1. The molecule has 0 spiro atoms. The molecule has 0 aliphatic rings. The van der Waals surface area contributed by atoms with Gasteiger partial charge in [0.15, 0.2) is 0 Å². The average Bonchev–Trinajstić information content (AvgIpc) is 2.99. The number of carbonyl (C=O) groups excluding carboxylic acids is 2. The number of carboxylic acids is 1. The molecule has 1 aromatic heterocycles. The highest BCUT2D eigenvalue weighted by atomic mass is 16.5. The predicted molar refractivity (Wildman–Crippen MR) is 159 cm³/mol. The van der Waals surface area contributed by atoms with E-state index in [-0.39, 0.29) is 25.3 Å². The standard InChI is InChI=1S/C32H34N4O5/c1-41-25-16-18-34-29(19-25)33-17-5-4-11-30(37)35-21-31(38)36-28(20-32(39)40)24-14-12-23(13-15-24)27-10-6-8-22-7-2-3-9-26(22)27/h2-3,6-10,12-16,18-19,28H,4-5,11,17,20-21H2,1H3,(H,33,34)(H,35,37)(H,36,38)(H,39,40)/t28-/m0/s1. The Bertz CT molecular complexity index is 1480. The lowest BCUT2D eigenvalue weighted by Gasteiger charge is -2.18. The minimum absolute atomic E-state index is 0.227. The van der Waals surface area contributed by atoms with Gasteiger partial charge in [-0.15, -0.1) is 0 Å². The van der Waals surface area contributed by atoms with Gasteiger partial charge in [-0.05, 0) is 46.4 Å². The number of hydrogen-bond acceptors (Lipinski definition) is 6. The SMILES string of the molecule is COc1ccnc(NCCCCC(=O)NCC(=O)N[C@@H](CC(=O)O)c2ccc(-c3cccc4ccccc34)cc2)c1. The van der Waals surface area contributed by atoms with Crippen LogP contribution in [0.15, 0.2) is 85.1 Å². The second-order valence-electron chi connectivity index (χ2n) is 9.61. The summed E-state index contributed by atoms with van der Waals surface area (Å²) in [4.78, 5) is 40.5. The van der Waals surface area contributed by atoms with Crippen LogP contribution in [0.1, 0.15) is 37.3 Å². The summed E-state index contributed by atoms with van der Waals surface area (Å²) in [7, 11) is 1.59. The number of nitrogens with zero attached hydrogens (tertiary/aromatic N) is 1. The summed E-state index contributed by atoms with van der Waals surface area (Å²) in [5, 5.41) is 20.2. The predicted octanol–water partition coefficient (Wildman–Crippen LogP) is 4.94. The monoisotopic (exact) mass is 554 g/mol. The molecule has 0 aliphatic carbocycles. The van der Waals surface area contributed by atoms with E-state index in [0.29, 0.717) is 30.1 Å². The molecule has 4 aromatic rings. The Morgan fingerprint density at radius 2 is 1.71 bits per heavy atom. The second-order valence-corrected chi connectivity index (χ2v) is 9.61. The Hall–Kier alpha value is -4.92. The van der Waals surface area contributed by atoms with Crippen LogP contribution >= 0.6 is 0 Å². The highest BCUT2D eigenvalue weighted by Crippen LogP contribution is 2.30. The summed E-state index contributed by atoms with van der Waals surface area (Å²) in [6.45, 7) is 0.416. The van der Waals surface area contributed by atoms with E-state index in [2.05, 4.69) is 39.1 Å². The normalized spacial score (nSPS) is 11.4. The Kier molecular flexibility index (Phi) is 10.3. The van der Waals surface area contributed by atoms with Crippen molar-refractivity contribution >= 4 is 34.4 Å². The molecule has 212 valence electrons. The number of amides is 2. The van der Waals surface area contributed by atoms with Crippen LogP contribution in [0.3, 0.4) is 0 Å². The van der Waals surface area contributed by atoms with Gasteiger partial charge in [0.1, 0.15) is 11.6 Å². The third kappa shape index (κ3) is 8.53. The van der Waals surface area contributed by atoms with Crippen LogP contribution in [0.4, 0.5) is 5.82 Å². The first kappa shape index (κ1) is 29.1. The van der Waals surface area contributed by atoms with Crippen molar-refractivity contribution in [2.24, 2.45) is 0 Å². The van der Waals surface area contributed by atoms with Crippen molar-refractivity contribution in [2.45, 2.75) is 31.7 Å². The number of methoxy groups -OCH3 is 1. The maximum atomic E-state index is 12.6. The number of aromatic nitrogens is 1. The van der Waals surface area contributed by atoms with Gasteiger partial charge in [0.05, 0.1) is 26.1 Å². The summed E-state index contributed by atoms with van der Waals surface area (Å²) in [6.07, 6.45) is 3.03. The highest BCUT2D eigenvalue weighted by molar-refractivity contribution is 5.96. The summed E-state index contributed by atoms with van der Waals surface area (Å²) in [5.41, 5.74) is 2.74. The van der Waals surface area contributed by atoms with Gasteiger partial charge in [0.25, 0.3) is 0 Å². The van der Waals surface area contributed by atoms with Crippen molar-refractivity contribution in [3.05, 3.63) is 90.6 Å². The highest BCUT2D eigenvalue weighted by Gasteiger charge is 2.19. The van der Waals surface area contributed by atoms with Crippen LogP contribution in [0.5, 0.6) is 5.75 Å². The number of fused-ring (bicyclic) bond motifs is 1. The van der Waals surface area contributed by atoms with Gasteiger partial charge in [-0.1, -0.05) is 66.7 Å². The maximum absolute atomic E-state index is 12.6. The van der Waals surface area contributed by atoms with E-state index in [0.717, 1.165) is 28.3 Å². The van der Waals surface area contributed by atoms with Crippen LogP contribution in [0, 0.1) is 0 Å². The molecule has 1 heterocycles. The number of unbranched alkanes of at least 4 members (excludes halogenated alkanes) is 1. The Morgan fingerprint density at radius 3 is 2.49 bits per heavy atom. The van der Waals surface area contributed by atoms with Crippen molar-refractivity contribution in [2.75, 3.05) is 25.5 Å². The topological polar surface area (TPSA) is 130 Å². The molecule has 3 aromatic carbocycles. The average molecular weight is 555 g/mol. The molecule has 41 heavy (non-hydrogen) atoms. The van der Waals surface area contributed by atoms with Crippen LogP contribution in [-0.2, 0) is 14.4 Å². The van der Waals surface area contributed by atoms with E-state index in [1.807, 2.05) is 48.5 Å². The number of pyridine rings is 1. The first-order chi connectivity index (χ1) is 19.9. The lowest BCUT2D eigenvalue weighted by atomic mass is 9.95. The van der Waals surface area contributed by atoms with E-state index in [9.17, 15) is 19.5 Å². The van der Waals surface area contributed by atoms with Crippen LogP contribution < -0.4 is 20.7 Å². The first-order valence-electron chi connectivity index (χ1n) is 13.5. The minimum Gasteiger partial charge on any atom is -0.497 e. The fourth-order valence-corrected chi connectivity index (χ4v) is 4.57. The molecule has 0 bridgehead atoms. The zero-order chi connectivity index (χ0) is 29.0. The second kappa shape index (κ2) is 14.5. The third-order valence-electron chi connectivity index (χ3n) is 6.68. The Morgan fingerprint density at radius 1 is 0.927 bits per heavy atom. The van der Waals surface area contributed by atoms with Crippen molar-refractivity contribution < 1.29 is 24.2 Å². The number of rotatable bonds is 14. The van der Waals surface area contributed by atoms with Gasteiger partial charge in [-0.3, -0.25) is 14.4 Å². The van der Waals surface area contributed by atoms with E-state index in [1.54, 1.807) is 25.4 Å². The molecule has 0 saturated heterocycles. The fraction of sp³-hybridized carbons (Fsp3) is 0.250. The molecule has 0 radical (unpaired) electrons. The molecule has 0 unspecified atom stereocenters. The zero-order valence-electron chi connectivity index (χ0n) is 22.9.